The van der Waals surface area contributed by atoms with Gasteiger partial charge in [-0.25, -0.2) is 4.79 Å². The number of piperidine rings is 1. The molecule has 1 aliphatic heterocycles. The smallest absolute Gasteiger partial charge is 0.341 e. The Morgan fingerprint density at radius 2 is 1.92 bits per heavy atom. The van der Waals surface area contributed by atoms with Crippen LogP contribution in [-0.2, 0) is 4.79 Å². The van der Waals surface area contributed by atoms with Crippen molar-refractivity contribution in [2.24, 2.45) is 5.92 Å². The standard InChI is InChI=1S/C21H23NO4/c1-15-13-22(11-10-19(15)16-6-3-2-4-7-16)21(25)17-8-5-9-18(12-17)26-14-20(23)24/h2-9,12,15,19H,10-11,13-14H2,1H3,(H,23,24). The van der Waals surface area contributed by atoms with E-state index in [0.29, 0.717) is 36.2 Å². The molecule has 1 amide bonds. The fourth-order valence-corrected chi connectivity index (χ4v) is 3.57. The summed E-state index contributed by atoms with van der Waals surface area (Å²) in [5, 5.41) is 8.70. The maximum absolute atomic E-state index is 12.8. The van der Waals surface area contributed by atoms with E-state index in [2.05, 4.69) is 31.2 Å². The lowest BCUT2D eigenvalue weighted by molar-refractivity contribution is -0.139. The number of aliphatic carboxylic acids is 1. The molecule has 1 saturated heterocycles. The average Bonchev–Trinajstić information content (AvgIpc) is 2.66. The van der Waals surface area contributed by atoms with Gasteiger partial charge in [-0.2, -0.15) is 0 Å². The summed E-state index contributed by atoms with van der Waals surface area (Å²) in [4.78, 5) is 25.3. The second-order valence-corrected chi connectivity index (χ2v) is 6.74. The van der Waals surface area contributed by atoms with Crippen LogP contribution in [0.25, 0.3) is 0 Å². The van der Waals surface area contributed by atoms with E-state index < -0.39 is 12.6 Å². The Kier molecular flexibility index (Phi) is 5.56. The predicted octanol–water partition coefficient (Wildman–Crippen LogP) is 3.42. The second-order valence-electron chi connectivity index (χ2n) is 6.74. The highest BCUT2D eigenvalue weighted by atomic mass is 16.5. The zero-order chi connectivity index (χ0) is 18.5. The Hall–Kier alpha value is -2.82. The molecule has 0 bridgehead atoms. The number of carboxylic acid groups (broad SMARTS) is 1. The molecular formula is C21H23NO4. The first-order chi connectivity index (χ1) is 12.5. The third-order valence-corrected chi connectivity index (χ3v) is 4.86. The van der Waals surface area contributed by atoms with Crippen LogP contribution in [0.5, 0.6) is 5.75 Å². The van der Waals surface area contributed by atoms with Gasteiger partial charge < -0.3 is 14.7 Å². The Balaban J connectivity index is 1.66. The number of ether oxygens (including phenoxy) is 1. The van der Waals surface area contributed by atoms with Crippen LogP contribution in [0, 0.1) is 5.92 Å². The number of carboxylic acids is 1. The minimum Gasteiger partial charge on any atom is -0.482 e. The molecule has 0 saturated carbocycles. The van der Waals surface area contributed by atoms with Crippen molar-refractivity contribution in [3.63, 3.8) is 0 Å². The number of carbonyl (C=O) groups excluding carboxylic acids is 1. The van der Waals surface area contributed by atoms with Crippen molar-refractivity contribution in [3.8, 4) is 5.75 Å². The number of hydrogen-bond donors (Lipinski definition) is 1. The highest BCUT2D eigenvalue weighted by molar-refractivity contribution is 5.94. The molecule has 26 heavy (non-hydrogen) atoms. The van der Waals surface area contributed by atoms with Gasteiger partial charge in [0.1, 0.15) is 5.75 Å². The van der Waals surface area contributed by atoms with Gasteiger partial charge in [0, 0.05) is 18.7 Å². The molecule has 0 spiro atoms. The lowest BCUT2D eigenvalue weighted by atomic mass is 9.81. The number of carbonyl (C=O) groups is 2. The Morgan fingerprint density at radius 1 is 1.15 bits per heavy atom. The first-order valence-electron chi connectivity index (χ1n) is 8.83. The number of benzene rings is 2. The summed E-state index contributed by atoms with van der Waals surface area (Å²) < 4.78 is 5.17. The van der Waals surface area contributed by atoms with Crippen molar-refractivity contribution in [2.45, 2.75) is 19.3 Å². The first-order valence-corrected chi connectivity index (χ1v) is 8.83. The quantitative estimate of drug-likeness (QED) is 0.894. The molecule has 2 aromatic rings. The van der Waals surface area contributed by atoms with E-state index in [-0.39, 0.29) is 5.91 Å². The van der Waals surface area contributed by atoms with Gasteiger partial charge in [-0.05, 0) is 42.0 Å². The van der Waals surface area contributed by atoms with Crippen molar-refractivity contribution < 1.29 is 19.4 Å². The molecule has 1 fully saturated rings. The lowest BCUT2D eigenvalue weighted by Crippen LogP contribution is -2.42. The summed E-state index contributed by atoms with van der Waals surface area (Å²) in [6.07, 6.45) is 0.937. The van der Waals surface area contributed by atoms with E-state index in [1.165, 1.54) is 5.56 Å². The Morgan fingerprint density at radius 3 is 2.62 bits per heavy atom. The van der Waals surface area contributed by atoms with Crippen LogP contribution >= 0.6 is 0 Å². The fraction of sp³-hybridized carbons (Fsp3) is 0.333. The summed E-state index contributed by atoms with van der Waals surface area (Å²) in [5.74, 6) is 0.153. The van der Waals surface area contributed by atoms with Crippen molar-refractivity contribution in [1.82, 2.24) is 4.90 Å². The second kappa shape index (κ2) is 8.04. The van der Waals surface area contributed by atoms with E-state index in [4.69, 9.17) is 9.84 Å². The number of hydrogen-bond acceptors (Lipinski definition) is 3. The largest absolute Gasteiger partial charge is 0.482 e. The number of nitrogens with zero attached hydrogens (tertiary/aromatic N) is 1. The van der Waals surface area contributed by atoms with E-state index in [1.807, 2.05) is 11.0 Å². The maximum atomic E-state index is 12.8. The molecule has 1 N–H and O–H groups in total. The molecule has 1 heterocycles. The summed E-state index contributed by atoms with van der Waals surface area (Å²) in [5.41, 5.74) is 1.86. The summed E-state index contributed by atoms with van der Waals surface area (Å²) in [7, 11) is 0. The number of rotatable bonds is 5. The van der Waals surface area contributed by atoms with Crippen LogP contribution in [0.4, 0.5) is 0 Å². The zero-order valence-electron chi connectivity index (χ0n) is 14.8. The van der Waals surface area contributed by atoms with E-state index in [1.54, 1.807) is 24.3 Å². The molecule has 1 aliphatic rings. The van der Waals surface area contributed by atoms with E-state index >= 15 is 0 Å². The first kappa shape index (κ1) is 18.0. The molecule has 136 valence electrons. The minimum atomic E-state index is -1.04. The van der Waals surface area contributed by atoms with Gasteiger partial charge in [-0.15, -0.1) is 0 Å². The summed E-state index contributed by atoms with van der Waals surface area (Å²) in [6.45, 7) is 3.18. The molecule has 2 atom stereocenters. The molecule has 0 aromatic heterocycles. The van der Waals surface area contributed by atoms with E-state index in [0.717, 1.165) is 6.42 Å². The predicted molar refractivity (Wildman–Crippen MR) is 98.4 cm³/mol. The average molecular weight is 353 g/mol. The van der Waals surface area contributed by atoms with Gasteiger partial charge in [0.15, 0.2) is 6.61 Å². The normalized spacial score (nSPS) is 19.8. The number of amides is 1. The molecular weight excluding hydrogens is 330 g/mol. The SMILES string of the molecule is CC1CN(C(=O)c2cccc(OCC(=O)O)c2)CCC1c1ccccc1. The molecule has 0 aliphatic carbocycles. The molecule has 5 nitrogen and oxygen atoms in total. The molecule has 2 aromatic carbocycles. The molecule has 0 radical (unpaired) electrons. The van der Waals surface area contributed by atoms with Crippen molar-refractivity contribution in [1.29, 1.82) is 0 Å². The summed E-state index contributed by atoms with van der Waals surface area (Å²) >= 11 is 0. The topological polar surface area (TPSA) is 66.8 Å². The van der Waals surface area contributed by atoms with Crippen LogP contribution in [0.2, 0.25) is 0 Å². The zero-order valence-corrected chi connectivity index (χ0v) is 14.8. The van der Waals surface area contributed by atoms with Gasteiger partial charge in [0.05, 0.1) is 0 Å². The van der Waals surface area contributed by atoms with Gasteiger partial charge in [0.2, 0.25) is 0 Å². The number of likely N-dealkylation sites (tertiary alicyclic amines) is 1. The van der Waals surface area contributed by atoms with Crippen LogP contribution in [0.1, 0.15) is 35.2 Å². The summed E-state index contributed by atoms with van der Waals surface area (Å²) in [6, 6.07) is 17.2. The van der Waals surface area contributed by atoms with Crippen LogP contribution in [0.3, 0.4) is 0 Å². The maximum Gasteiger partial charge on any atom is 0.341 e. The van der Waals surface area contributed by atoms with Gasteiger partial charge in [-0.1, -0.05) is 43.3 Å². The van der Waals surface area contributed by atoms with Gasteiger partial charge in [0.25, 0.3) is 5.91 Å². The fourth-order valence-electron chi connectivity index (χ4n) is 3.57. The minimum absolute atomic E-state index is 0.0378. The van der Waals surface area contributed by atoms with Crippen molar-refractivity contribution in [3.05, 3.63) is 65.7 Å². The third-order valence-electron chi connectivity index (χ3n) is 4.86. The molecule has 3 rings (SSSR count). The van der Waals surface area contributed by atoms with Crippen LogP contribution < -0.4 is 4.74 Å². The molecule has 5 heteroatoms. The highest BCUT2D eigenvalue weighted by Crippen LogP contribution is 2.33. The van der Waals surface area contributed by atoms with Gasteiger partial charge in [-0.3, -0.25) is 4.79 Å². The van der Waals surface area contributed by atoms with Gasteiger partial charge >= 0.3 is 5.97 Å². The van der Waals surface area contributed by atoms with E-state index in [9.17, 15) is 9.59 Å². The van der Waals surface area contributed by atoms with Crippen LogP contribution in [-0.4, -0.2) is 41.6 Å². The monoisotopic (exact) mass is 353 g/mol. The Labute approximate surface area is 153 Å². The molecule has 2 unspecified atom stereocenters. The lowest BCUT2D eigenvalue weighted by Gasteiger charge is -2.37. The van der Waals surface area contributed by atoms with Crippen molar-refractivity contribution in [2.75, 3.05) is 19.7 Å². The highest BCUT2D eigenvalue weighted by Gasteiger charge is 2.30. The Bertz CT molecular complexity index is 775. The third kappa shape index (κ3) is 4.23. The van der Waals surface area contributed by atoms with Crippen molar-refractivity contribution >= 4 is 11.9 Å². The van der Waals surface area contributed by atoms with Crippen LogP contribution in [0.15, 0.2) is 54.6 Å².